The van der Waals surface area contributed by atoms with Crippen LogP contribution in [-0.4, -0.2) is 36.2 Å². The molecule has 0 radical (unpaired) electrons. The van der Waals surface area contributed by atoms with Crippen molar-refractivity contribution in [2.45, 2.75) is 19.8 Å². The molecule has 0 aromatic heterocycles. The number of carbonyl (C=O) groups is 1. The Morgan fingerprint density at radius 2 is 2.23 bits per heavy atom. The van der Waals surface area contributed by atoms with Gasteiger partial charge >= 0.3 is 0 Å². The van der Waals surface area contributed by atoms with Gasteiger partial charge in [-0.1, -0.05) is 25.1 Å². The van der Waals surface area contributed by atoms with E-state index in [0.29, 0.717) is 10.8 Å². The first kappa shape index (κ1) is 15.2. The SMILES string of the molecule is COc1ccccc1C=C1SC(N2CCCC(C)C2)=NC1=O. The van der Waals surface area contributed by atoms with Crippen molar-refractivity contribution in [1.82, 2.24) is 4.90 Å². The Kier molecular flexibility index (Phi) is 4.52. The van der Waals surface area contributed by atoms with Crippen LogP contribution in [0.3, 0.4) is 0 Å². The molecule has 0 spiro atoms. The Hall–Kier alpha value is -1.75. The van der Waals surface area contributed by atoms with Crippen LogP contribution >= 0.6 is 11.8 Å². The number of carbonyl (C=O) groups excluding carboxylic acids is 1. The van der Waals surface area contributed by atoms with Gasteiger partial charge < -0.3 is 9.64 Å². The van der Waals surface area contributed by atoms with Crippen molar-refractivity contribution in [3.8, 4) is 5.75 Å². The molecule has 1 amide bonds. The highest BCUT2D eigenvalue weighted by Gasteiger charge is 2.28. The smallest absolute Gasteiger partial charge is 0.286 e. The first-order valence-corrected chi connectivity index (χ1v) is 8.39. The standard InChI is InChI=1S/C17H20N2O2S/c1-12-6-5-9-19(11-12)17-18-16(20)15(22-17)10-13-7-3-4-8-14(13)21-2/h3-4,7-8,10,12H,5-6,9,11H2,1-2H3. The molecule has 2 aliphatic heterocycles. The molecule has 2 aliphatic rings. The Morgan fingerprint density at radius 1 is 1.41 bits per heavy atom. The predicted octanol–water partition coefficient (Wildman–Crippen LogP) is 3.40. The number of amides is 1. The zero-order valence-corrected chi connectivity index (χ0v) is 13.7. The lowest BCUT2D eigenvalue weighted by atomic mass is 10.0. The highest BCUT2D eigenvalue weighted by molar-refractivity contribution is 8.18. The van der Waals surface area contributed by atoms with E-state index < -0.39 is 0 Å². The zero-order valence-electron chi connectivity index (χ0n) is 12.9. The number of nitrogens with zero attached hydrogens (tertiary/aromatic N) is 2. The van der Waals surface area contributed by atoms with Crippen LogP contribution in [0.2, 0.25) is 0 Å². The summed E-state index contributed by atoms with van der Waals surface area (Å²) >= 11 is 1.47. The van der Waals surface area contributed by atoms with Crippen LogP contribution in [0.1, 0.15) is 25.3 Å². The molecule has 1 unspecified atom stereocenters. The summed E-state index contributed by atoms with van der Waals surface area (Å²) < 4.78 is 5.34. The Balaban J connectivity index is 1.78. The van der Waals surface area contributed by atoms with E-state index in [4.69, 9.17) is 4.74 Å². The summed E-state index contributed by atoms with van der Waals surface area (Å²) in [5.74, 6) is 1.28. The fraction of sp³-hybridized carbons (Fsp3) is 0.412. The molecule has 5 heteroatoms. The molecule has 0 saturated carbocycles. The summed E-state index contributed by atoms with van der Waals surface area (Å²) in [5.41, 5.74) is 0.907. The molecule has 116 valence electrons. The van der Waals surface area contributed by atoms with Crippen molar-refractivity contribution < 1.29 is 9.53 Å². The van der Waals surface area contributed by atoms with E-state index in [0.717, 1.165) is 29.6 Å². The Morgan fingerprint density at radius 3 is 3.00 bits per heavy atom. The van der Waals surface area contributed by atoms with Crippen LogP contribution in [0.25, 0.3) is 6.08 Å². The van der Waals surface area contributed by atoms with Gasteiger partial charge in [0.2, 0.25) is 0 Å². The highest BCUT2D eigenvalue weighted by Crippen LogP contribution is 2.33. The van der Waals surface area contributed by atoms with Crippen LogP contribution in [0.5, 0.6) is 5.75 Å². The number of rotatable bonds is 2. The van der Waals surface area contributed by atoms with Gasteiger partial charge in [-0.2, -0.15) is 4.99 Å². The lowest BCUT2D eigenvalue weighted by molar-refractivity contribution is -0.113. The highest BCUT2D eigenvalue weighted by atomic mass is 32.2. The quantitative estimate of drug-likeness (QED) is 0.784. The molecule has 1 atom stereocenters. The summed E-state index contributed by atoms with van der Waals surface area (Å²) in [6, 6.07) is 7.69. The molecule has 1 aromatic rings. The number of hydrogen-bond donors (Lipinski definition) is 0. The van der Waals surface area contributed by atoms with Crippen molar-refractivity contribution in [2.24, 2.45) is 10.9 Å². The van der Waals surface area contributed by atoms with Crippen LogP contribution in [0, 0.1) is 5.92 Å². The van der Waals surface area contributed by atoms with Gasteiger partial charge in [0.1, 0.15) is 5.75 Å². The molecule has 3 rings (SSSR count). The molecule has 4 nitrogen and oxygen atoms in total. The number of benzene rings is 1. The van der Waals surface area contributed by atoms with Crippen LogP contribution in [0.15, 0.2) is 34.2 Å². The zero-order chi connectivity index (χ0) is 15.5. The van der Waals surface area contributed by atoms with Gasteiger partial charge in [-0.3, -0.25) is 4.79 Å². The number of para-hydroxylation sites is 1. The second-order valence-corrected chi connectivity index (χ2v) is 6.75. The molecule has 0 N–H and O–H groups in total. The van der Waals surface area contributed by atoms with Crippen molar-refractivity contribution in [3.05, 3.63) is 34.7 Å². The van der Waals surface area contributed by atoms with Crippen molar-refractivity contribution in [3.63, 3.8) is 0 Å². The van der Waals surface area contributed by atoms with Crippen LogP contribution in [-0.2, 0) is 4.79 Å². The average molecular weight is 316 g/mol. The molecule has 1 fully saturated rings. The van der Waals surface area contributed by atoms with E-state index >= 15 is 0 Å². The van der Waals surface area contributed by atoms with Gasteiger partial charge in [-0.15, -0.1) is 0 Å². The molecular formula is C17H20N2O2S. The van der Waals surface area contributed by atoms with Gasteiger partial charge in [0.05, 0.1) is 12.0 Å². The number of amidine groups is 1. The minimum Gasteiger partial charge on any atom is -0.496 e. The maximum atomic E-state index is 12.2. The fourth-order valence-electron chi connectivity index (χ4n) is 2.82. The molecule has 2 heterocycles. The van der Waals surface area contributed by atoms with E-state index in [1.54, 1.807) is 7.11 Å². The summed E-state index contributed by atoms with van der Waals surface area (Å²) in [6.45, 7) is 4.23. The van der Waals surface area contributed by atoms with Gasteiger partial charge in [-0.25, -0.2) is 0 Å². The maximum Gasteiger partial charge on any atom is 0.286 e. The second-order valence-electron chi connectivity index (χ2n) is 5.75. The van der Waals surface area contributed by atoms with E-state index in [-0.39, 0.29) is 5.91 Å². The lowest BCUT2D eigenvalue weighted by Crippen LogP contribution is -2.37. The molecule has 22 heavy (non-hydrogen) atoms. The van der Waals surface area contributed by atoms with Crippen molar-refractivity contribution >= 4 is 28.9 Å². The first-order valence-electron chi connectivity index (χ1n) is 7.58. The number of piperidine rings is 1. The number of likely N-dealkylation sites (tertiary alicyclic amines) is 1. The van der Waals surface area contributed by atoms with Crippen LogP contribution < -0.4 is 4.74 Å². The monoisotopic (exact) mass is 316 g/mol. The lowest BCUT2D eigenvalue weighted by Gasteiger charge is -2.31. The number of ether oxygens (including phenoxy) is 1. The predicted molar refractivity (Wildman–Crippen MR) is 91.0 cm³/mol. The number of methoxy groups -OCH3 is 1. The van der Waals surface area contributed by atoms with Gasteiger partial charge in [-0.05, 0) is 42.7 Å². The van der Waals surface area contributed by atoms with Crippen molar-refractivity contribution in [1.29, 1.82) is 0 Å². The Bertz CT molecular complexity index is 639. The van der Waals surface area contributed by atoms with E-state index in [2.05, 4.69) is 16.8 Å². The van der Waals surface area contributed by atoms with Crippen LogP contribution in [0.4, 0.5) is 0 Å². The summed E-state index contributed by atoms with van der Waals surface area (Å²) in [7, 11) is 1.64. The third-order valence-electron chi connectivity index (χ3n) is 3.96. The number of hydrogen-bond acceptors (Lipinski definition) is 4. The van der Waals surface area contributed by atoms with E-state index in [1.165, 1.54) is 24.6 Å². The van der Waals surface area contributed by atoms with Gasteiger partial charge in [0.15, 0.2) is 5.17 Å². The summed E-state index contributed by atoms with van der Waals surface area (Å²) in [6.07, 6.45) is 4.29. The third kappa shape index (κ3) is 3.19. The largest absolute Gasteiger partial charge is 0.496 e. The summed E-state index contributed by atoms with van der Waals surface area (Å²) in [5, 5.41) is 0.845. The molecule has 1 saturated heterocycles. The van der Waals surface area contributed by atoms with Gasteiger partial charge in [0, 0.05) is 18.7 Å². The van der Waals surface area contributed by atoms with Crippen molar-refractivity contribution in [2.75, 3.05) is 20.2 Å². The topological polar surface area (TPSA) is 41.9 Å². The molecule has 0 aliphatic carbocycles. The number of aliphatic imine (C=N–C) groups is 1. The Labute approximate surface area is 135 Å². The molecule has 1 aromatic carbocycles. The minimum atomic E-state index is -0.149. The second kappa shape index (κ2) is 6.57. The van der Waals surface area contributed by atoms with E-state index in [1.807, 2.05) is 30.3 Å². The van der Waals surface area contributed by atoms with Gasteiger partial charge in [0.25, 0.3) is 5.91 Å². The first-order chi connectivity index (χ1) is 10.7. The molecular weight excluding hydrogens is 296 g/mol. The van der Waals surface area contributed by atoms with E-state index in [9.17, 15) is 4.79 Å². The third-order valence-corrected chi connectivity index (χ3v) is 5.01. The normalized spacial score (nSPS) is 23.8. The fourth-order valence-corrected chi connectivity index (χ4v) is 3.76. The molecule has 0 bridgehead atoms. The number of thioether (sulfide) groups is 1. The average Bonchev–Trinajstić information content (AvgIpc) is 2.89. The maximum absolute atomic E-state index is 12.2. The minimum absolute atomic E-state index is 0.149. The summed E-state index contributed by atoms with van der Waals surface area (Å²) in [4.78, 5) is 19.3.